The first-order valence-corrected chi connectivity index (χ1v) is 4.69. The molecule has 0 heterocycles. The van der Waals surface area contributed by atoms with Gasteiger partial charge in [-0.3, -0.25) is 0 Å². The molecular formula is C11H18ClNO. The number of rotatable bonds is 3. The van der Waals surface area contributed by atoms with Crippen molar-refractivity contribution in [3.63, 3.8) is 0 Å². The molecule has 14 heavy (non-hydrogen) atoms. The summed E-state index contributed by atoms with van der Waals surface area (Å²) in [4.78, 5) is 0. The van der Waals surface area contributed by atoms with Crippen LogP contribution in [0.2, 0.25) is 0 Å². The maximum Gasteiger partial charge on any atom is 0.115 e. The van der Waals surface area contributed by atoms with E-state index in [1.54, 1.807) is 12.1 Å². The summed E-state index contributed by atoms with van der Waals surface area (Å²) in [7, 11) is 0. The summed E-state index contributed by atoms with van der Waals surface area (Å²) in [5, 5.41) is 9.09. The van der Waals surface area contributed by atoms with Gasteiger partial charge in [0.25, 0.3) is 0 Å². The number of phenols is 1. The lowest BCUT2D eigenvalue weighted by atomic mass is 9.93. The minimum atomic E-state index is 0. The van der Waals surface area contributed by atoms with E-state index in [0.717, 1.165) is 12.0 Å². The Morgan fingerprint density at radius 1 is 1.29 bits per heavy atom. The Bertz CT molecular complexity index is 260. The number of hydrogen-bond donors (Lipinski definition) is 2. The van der Waals surface area contributed by atoms with Gasteiger partial charge in [-0.05, 0) is 23.6 Å². The average Bonchev–Trinajstić information content (AvgIpc) is 2.17. The van der Waals surface area contributed by atoms with Crippen molar-refractivity contribution >= 4 is 12.4 Å². The molecule has 2 atom stereocenters. The van der Waals surface area contributed by atoms with Crippen molar-refractivity contribution in [1.82, 2.24) is 0 Å². The second-order valence-electron chi connectivity index (χ2n) is 3.50. The van der Waals surface area contributed by atoms with E-state index >= 15 is 0 Å². The Hall–Kier alpha value is -0.730. The fourth-order valence-corrected chi connectivity index (χ4v) is 1.28. The number of benzene rings is 1. The zero-order valence-electron chi connectivity index (χ0n) is 8.60. The molecule has 0 aliphatic heterocycles. The van der Waals surface area contributed by atoms with Gasteiger partial charge in [0.1, 0.15) is 5.75 Å². The second-order valence-corrected chi connectivity index (χ2v) is 3.50. The van der Waals surface area contributed by atoms with Crippen LogP contribution in [-0.4, -0.2) is 5.11 Å². The predicted octanol–water partition coefficient (Wildman–Crippen LogP) is 2.86. The van der Waals surface area contributed by atoms with Crippen LogP contribution < -0.4 is 5.73 Å². The SMILES string of the molecule is CCC(C)[C@@H](N)c1ccc(O)cc1.Cl. The largest absolute Gasteiger partial charge is 0.508 e. The van der Waals surface area contributed by atoms with Gasteiger partial charge < -0.3 is 10.8 Å². The summed E-state index contributed by atoms with van der Waals surface area (Å²) in [5.41, 5.74) is 7.11. The standard InChI is InChI=1S/C11H17NO.ClH/c1-3-8(2)11(12)9-4-6-10(13)7-5-9;/h4-8,11,13H,3,12H2,1-2H3;1H/t8?,11-;/m1./s1. The maximum atomic E-state index is 9.09. The molecule has 0 aliphatic rings. The van der Waals surface area contributed by atoms with Crippen molar-refractivity contribution in [3.05, 3.63) is 29.8 Å². The number of aromatic hydroxyl groups is 1. The topological polar surface area (TPSA) is 46.2 Å². The molecular weight excluding hydrogens is 198 g/mol. The Labute approximate surface area is 91.5 Å². The summed E-state index contributed by atoms with van der Waals surface area (Å²) in [6.07, 6.45) is 1.07. The Balaban J connectivity index is 0.00000169. The highest BCUT2D eigenvalue weighted by molar-refractivity contribution is 5.85. The van der Waals surface area contributed by atoms with E-state index in [4.69, 9.17) is 10.8 Å². The molecule has 0 amide bonds. The van der Waals surface area contributed by atoms with Gasteiger partial charge >= 0.3 is 0 Å². The smallest absolute Gasteiger partial charge is 0.115 e. The van der Waals surface area contributed by atoms with Gasteiger partial charge in [0, 0.05) is 6.04 Å². The van der Waals surface area contributed by atoms with Crippen molar-refractivity contribution < 1.29 is 5.11 Å². The molecule has 0 fully saturated rings. The van der Waals surface area contributed by atoms with Gasteiger partial charge in [-0.1, -0.05) is 32.4 Å². The quantitative estimate of drug-likeness (QED) is 0.815. The minimum absolute atomic E-state index is 0. The van der Waals surface area contributed by atoms with Gasteiger partial charge in [0.15, 0.2) is 0 Å². The molecule has 1 aromatic carbocycles. The summed E-state index contributed by atoms with van der Waals surface area (Å²) >= 11 is 0. The first-order valence-electron chi connectivity index (χ1n) is 4.69. The van der Waals surface area contributed by atoms with Crippen molar-refractivity contribution in [2.75, 3.05) is 0 Å². The fraction of sp³-hybridized carbons (Fsp3) is 0.455. The number of halogens is 1. The van der Waals surface area contributed by atoms with Crippen LogP contribution in [0.4, 0.5) is 0 Å². The Kier molecular flexibility index (Phi) is 5.58. The van der Waals surface area contributed by atoms with E-state index < -0.39 is 0 Å². The molecule has 2 nitrogen and oxygen atoms in total. The zero-order valence-corrected chi connectivity index (χ0v) is 9.42. The summed E-state index contributed by atoms with van der Waals surface area (Å²) < 4.78 is 0. The third kappa shape index (κ3) is 3.20. The Morgan fingerprint density at radius 2 is 1.79 bits per heavy atom. The Morgan fingerprint density at radius 3 is 2.21 bits per heavy atom. The normalized spacial score (nSPS) is 14.2. The monoisotopic (exact) mass is 215 g/mol. The van der Waals surface area contributed by atoms with Gasteiger partial charge in [0.2, 0.25) is 0 Å². The lowest BCUT2D eigenvalue weighted by Gasteiger charge is -2.18. The van der Waals surface area contributed by atoms with Crippen LogP contribution in [0.1, 0.15) is 31.9 Å². The van der Waals surface area contributed by atoms with Crippen LogP contribution in [-0.2, 0) is 0 Å². The molecule has 0 aliphatic carbocycles. The van der Waals surface area contributed by atoms with Crippen molar-refractivity contribution in [2.24, 2.45) is 11.7 Å². The van der Waals surface area contributed by atoms with Gasteiger partial charge in [-0.15, -0.1) is 12.4 Å². The molecule has 0 spiro atoms. The number of phenolic OH excluding ortho intramolecular Hbond substituents is 1. The lowest BCUT2D eigenvalue weighted by molar-refractivity contribution is 0.453. The van der Waals surface area contributed by atoms with Crippen LogP contribution >= 0.6 is 12.4 Å². The number of nitrogens with two attached hydrogens (primary N) is 1. The summed E-state index contributed by atoms with van der Waals surface area (Å²) in [5.74, 6) is 0.768. The molecule has 3 heteroatoms. The van der Waals surface area contributed by atoms with Gasteiger partial charge in [-0.2, -0.15) is 0 Å². The fourth-order valence-electron chi connectivity index (χ4n) is 1.28. The van der Waals surface area contributed by atoms with Crippen LogP contribution in [0.3, 0.4) is 0 Å². The molecule has 80 valence electrons. The minimum Gasteiger partial charge on any atom is -0.508 e. The highest BCUT2D eigenvalue weighted by Gasteiger charge is 2.12. The third-order valence-corrected chi connectivity index (χ3v) is 2.53. The highest BCUT2D eigenvalue weighted by Crippen LogP contribution is 2.22. The van der Waals surface area contributed by atoms with E-state index in [0.29, 0.717) is 11.7 Å². The van der Waals surface area contributed by atoms with Crippen LogP contribution in [0.25, 0.3) is 0 Å². The highest BCUT2D eigenvalue weighted by atomic mass is 35.5. The van der Waals surface area contributed by atoms with Crippen LogP contribution in [0.15, 0.2) is 24.3 Å². The predicted molar refractivity (Wildman–Crippen MR) is 61.7 cm³/mol. The molecule has 0 bridgehead atoms. The van der Waals surface area contributed by atoms with Gasteiger partial charge in [0.05, 0.1) is 0 Å². The molecule has 1 rings (SSSR count). The first kappa shape index (κ1) is 13.3. The number of hydrogen-bond acceptors (Lipinski definition) is 2. The molecule has 0 saturated carbocycles. The summed E-state index contributed by atoms with van der Waals surface area (Å²) in [6, 6.07) is 7.19. The molecule has 3 N–H and O–H groups in total. The molecule has 0 radical (unpaired) electrons. The maximum absolute atomic E-state index is 9.09. The molecule has 1 unspecified atom stereocenters. The van der Waals surface area contributed by atoms with E-state index in [1.807, 2.05) is 12.1 Å². The van der Waals surface area contributed by atoms with Crippen molar-refractivity contribution in [2.45, 2.75) is 26.3 Å². The van der Waals surface area contributed by atoms with Crippen LogP contribution in [0, 0.1) is 5.92 Å². The lowest BCUT2D eigenvalue weighted by Crippen LogP contribution is -2.18. The van der Waals surface area contributed by atoms with Crippen LogP contribution in [0.5, 0.6) is 5.75 Å². The van der Waals surface area contributed by atoms with E-state index in [-0.39, 0.29) is 18.4 Å². The molecule has 1 aromatic rings. The summed E-state index contributed by atoms with van der Waals surface area (Å²) in [6.45, 7) is 4.27. The molecule has 0 aromatic heterocycles. The third-order valence-electron chi connectivity index (χ3n) is 2.53. The molecule has 0 saturated heterocycles. The zero-order chi connectivity index (χ0) is 9.84. The van der Waals surface area contributed by atoms with E-state index in [9.17, 15) is 0 Å². The first-order chi connectivity index (χ1) is 6.15. The second kappa shape index (κ2) is 5.89. The van der Waals surface area contributed by atoms with Crippen molar-refractivity contribution in [3.8, 4) is 5.75 Å². The average molecular weight is 216 g/mol. The van der Waals surface area contributed by atoms with E-state index in [1.165, 1.54) is 0 Å². The van der Waals surface area contributed by atoms with Gasteiger partial charge in [-0.25, -0.2) is 0 Å². The van der Waals surface area contributed by atoms with E-state index in [2.05, 4.69) is 13.8 Å². The van der Waals surface area contributed by atoms with Crippen molar-refractivity contribution in [1.29, 1.82) is 0 Å².